The lowest BCUT2D eigenvalue weighted by Gasteiger charge is -2.16. The van der Waals surface area contributed by atoms with E-state index in [0.717, 1.165) is 16.7 Å². The highest BCUT2D eigenvalue weighted by atomic mass is 16.5. The Labute approximate surface area is 85.0 Å². The summed E-state index contributed by atoms with van der Waals surface area (Å²) in [4.78, 5) is 10.6. The quantitative estimate of drug-likeness (QED) is 0.629. The minimum atomic E-state index is -0.269. The monoisotopic (exact) mass is 192 g/mol. The van der Waals surface area contributed by atoms with Gasteiger partial charge in [0.2, 0.25) is 0 Å². The maximum absolute atomic E-state index is 10.6. The number of esters is 1. The average Bonchev–Trinajstić information content (AvgIpc) is 2.26. The van der Waals surface area contributed by atoms with Gasteiger partial charge in [0.15, 0.2) is 0 Å². The highest BCUT2D eigenvalue weighted by Crippen LogP contribution is 2.42. The number of allylic oxidation sites excluding steroid dienone is 2. The number of carbonyl (C=O) groups is 1. The zero-order chi connectivity index (χ0) is 10.9. The molecule has 0 N–H and O–H groups in total. The van der Waals surface area contributed by atoms with Crippen molar-refractivity contribution in [3.05, 3.63) is 36.0 Å². The number of rotatable bonds is 2. The van der Waals surface area contributed by atoms with E-state index in [1.54, 1.807) is 0 Å². The van der Waals surface area contributed by atoms with Gasteiger partial charge < -0.3 is 4.74 Å². The van der Waals surface area contributed by atoms with Crippen LogP contribution in [0.5, 0.6) is 0 Å². The molecule has 76 valence electrons. The molecule has 0 saturated heterocycles. The molecule has 0 spiro atoms. The lowest BCUT2D eigenvalue weighted by Crippen LogP contribution is -2.05. The molecule has 1 rings (SSSR count). The van der Waals surface area contributed by atoms with E-state index in [1.807, 2.05) is 0 Å². The highest BCUT2D eigenvalue weighted by molar-refractivity contribution is 5.67. The van der Waals surface area contributed by atoms with Gasteiger partial charge in [0.25, 0.3) is 0 Å². The van der Waals surface area contributed by atoms with Gasteiger partial charge in [-0.2, -0.15) is 0 Å². The first-order valence-corrected chi connectivity index (χ1v) is 4.58. The summed E-state index contributed by atoms with van der Waals surface area (Å²) >= 11 is 0. The second kappa shape index (κ2) is 3.45. The van der Waals surface area contributed by atoms with Gasteiger partial charge in [0.05, 0.1) is 0 Å². The van der Waals surface area contributed by atoms with Crippen molar-refractivity contribution in [3.8, 4) is 0 Å². The van der Waals surface area contributed by atoms with Crippen LogP contribution in [0.15, 0.2) is 36.0 Å². The van der Waals surface area contributed by atoms with E-state index in [0.29, 0.717) is 6.61 Å². The Hall–Kier alpha value is -1.31. The lowest BCUT2D eigenvalue weighted by atomic mass is 9.88. The summed E-state index contributed by atoms with van der Waals surface area (Å²) in [6.07, 6.45) is 2.06. The minimum absolute atomic E-state index is 0.0629. The number of carbonyl (C=O) groups excluding carboxylic acids is 1. The average molecular weight is 192 g/mol. The second-order valence-corrected chi connectivity index (χ2v) is 4.13. The summed E-state index contributed by atoms with van der Waals surface area (Å²) in [6, 6.07) is 0. The SMILES string of the molecule is C=C1C(=C)C(C)(C)C=C1COC(C)=O. The molecule has 0 aromatic rings. The van der Waals surface area contributed by atoms with Crippen molar-refractivity contribution in [3.63, 3.8) is 0 Å². The first-order chi connectivity index (χ1) is 6.34. The van der Waals surface area contributed by atoms with Crippen LogP contribution in [-0.4, -0.2) is 12.6 Å². The van der Waals surface area contributed by atoms with Crippen LogP contribution in [0.4, 0.5) is 0 Å². The van der Waals surface area contributed by atoms with Crippen LogP contribution in [0.25, 0.3) is 0 Å². The second-order valence-electron chi connectivity index (χ2n) is 4.13. The number of ether oxygens (including phenoxy) is 1. The fourth-order valence-electron chi connectivity index (χ4n) is 1.50. The molecular formula is C12H16O2. The molecule has 0 saturated carbocycles. The van der Waals surface area contributed by atoms with E-state index in [9.17, 15) is 4.79 Å². The van der Waals surface area contributed by atoms with Crippen LogP contribution in [-0.2, 0) is 9.53 Å². The van der Waals surface area contributed by atoms with Crippen LogP contribution in [0.1, 0.15) is 20.8 Å². The van der Waals surface area contributed by atoms with Crippen LogP contribution >= 0.6 is 0 Å². The zero-order valence-electron chi connectivity index (χ0n) is 9.02. The molecule has 0 aromatic heterocycles. The maximum atomic E-state index is 10.6. The summed E-state index contributed by atoms with van der Waals surface area (Å²) in [5.41, 5.74) is 2.80. The Morgan fingerprint density at radius 2 is 2.07 bits per heavy atom. The van der Waals surface area contributed by atoms with Crippen LogP contribution < -0.4 is 0 Å². The minimum Gasteiger partial charge on any atom is -0.461 e. The van der Waals surface area contributed by atoms with Gasteiger partial charge in [0, 0.05) is 12.3 Å². The summed E-state index contributed by atoms with van der Waals surface area (Å²) in [5.74, 6) is -0.269. The lowest BCUT2D eigenvalue weighted by molar-refractivity contribution is -0.139. The van der Waals surface area contributed by atoms with E-state index < -0.39 is 0 Å². The fraction of sp³-hybridized carbons (Fsp3) is 0.417. The molecule has 0 bridgehead atoms. The van der Waals surface area contributed by atoms with E-state index in [1.165, 1.54) is 6.92 Å². The Balaban J connectivity index is 2.77. The molecule has 1 aliphatic rings. The Bertz CT molecular complexity index is 332. The van der Waals surface area contributed by atoms with Gasteiger partial charge in [-0.15, -0.1) is 0 Å². The topological polar surface area (TPSA) is 26.3 Å². The van der Waals surface area contributed by atoms with E-state index in [2.05, 4.69) is 33.1 Å². The molecule has 0 atom stereocenters. The van der Waals surface area contributed by atoms with Crippen LogP contribution in [0, 0.1) is 5.41 Å². The standard InChI is InChI=1S/C12H16O2/c1-8-9(2)12(4,5)6-11(8)7-14-10(3)13/h6H,1-2,7H2,3-5H3. The largest absolute Gasteiger partial charge is 0.461 e. The molecule has 0 aromatic carbocycles. The van der Waals surface area contributed by atoms with Crippen molar-refractivity contribution < 1.29 is 9.53 Å². The molecule has 1 aliphatic carbocycles. The third-order valence-corrected chi connectivity index (χ3v) is 2.50. The van der Waals surface area contributed by atoms with Crippen molar-refractivity contribution in [1.29, 1.82) is 0 Å². The van der Waals surface area contributed by atoms with Crippen LogP contribution in [0.2, 0.25) is 0 Å². The maximum Gasteiger partial charge on any atom is 0.302 e. The molecule has 0 amide bonds. The first kappa shape index (κ1) is 10.8. The van der Waals surface area contributed by atoms with Crippen molar-refractivity contribution in [2.45, 2.75) is 20.8 Å². The Kier molecular flexibility index (Phi) is 2.65. The molecule has 0 radical (unpaired) electrons. The van der Waals surface area contributed by atoms with Crippen molar-refractivity contribution in [2.75, 3.05) is 6.61 Å². The molecule has 2 heteroatoms. The summed E-state index contributed by atoms with van der Waals surface area (Å²) in [5, 5.41) is 0. The fourth-order valence-corrected chi connectivity index (χ4v) is 1.50. The molecule has 0 aliphatic heterocycles. The number of hydrogen-bond donors (Lipinski definition) is 0. The third kappa shape index (κ3) is 1.95. The van der Waals surface area contributed by atoms with Gasteiger partial charge in [0.1, 0.15) is 6.61 Å². The van der Waals surface area contributed by atoms with Crippen LogP contribution in [0.3, 0.4) is 0 Å². The highest BCUT2D eigenvalue weighted by Gasteiger charge is 2.30. The van der Waals surface area contributed by atoms with Crippen molar-refractivity contribution in [1.82, 2.24) is 0 Å². The molecule has 2 nitrogen and oxygen atoms in total. The summed E-state index contributed by atoms with van der Waals surface area (Å²) in [6.45, 7) is 13.7. The van der Waals surface area contributed by atoms with Crippen molar-refractivity contribution in [2.24, 2.45) is 5.41 Å². The van der Waals surface area contributed by atoms with E-state index in [4.69, 9.17) is 4.74 Å². The normalized spacial score (nSPS) is 19.5. The van der Waals surface area contributed by atoms with Gasteiger partial charge in [-0.25, -0.2) is 0 Å². The zero-order valence-corrected chi connectivity index (χ0v) is 9.02. The van der Waals surface area contributed by atoms with E-state index >= 15 is 0 Å². The van der Waals surface area contributed by atoms with Gasteiger partial charge in [-0.1, -0.05) is 33.1 Å². The molecular weight excluding hydrogens is 176 g/mol. The predicted molar refractivity (Wildman–Crippen MR) is 56.8 cm³/mol. The van der Waals surface area contributed by atoms with E-state index in [-0.39, 0.29) is 11.4 Å². The summed E-state index contributed by atoms with van der Waals surface area (Å²) < 4.78 is 4.93. The van der Waals surface area contributed by atoms with Gasteiger partial charge >= 0.3 is 5.97 Å². The van der Waals surface area contributed by atoms with Gasteiger partial charge in [-0.05, 0) is 16.7 Å². The predicted octanol–water partition coefficient (Wildman–Crippen LogP) is 2.63. The third-order valence-electron chi connectivity index (χ3n) is 2.50. The summed E-state index contributed by atoms with van der Waals surface area (Å²) in [7, 11) is 0. The Morgan fingerprint density at radius 1 is 1.50 bits per heavy atom. The first-order valence-electron chi connectivity index (χ1n) is 4.58. The molecule has 0 unspecified atom stereocenters. The number of hydrogen-bond acceptors (Lipinski definition) is 2. The van der Waals surface area contributed by atoms with Gasteiger partial charge in [-0.3, -0.25) is 4.79 Å². The van der Waals surface area contributed by atoms with Crippen molar-refractivity contribution >= 4 is 5.97 Å². The molecule has 14 heavy (non-hydrogen) atoms. The Morgan fingerprint density at radius 3 is 2.43 bits per heavy atom. The molecule has 0 fully saturated rings. The molecule has 0 heterocycles. The smallest absolute Gasteiger partial charge is 0.302 e.